The van der Waals surface area contributed by atoms with Crippen molar-refractivity contribution in [3.8, 4) is 5.75 Å². The summed E-state index contributed by atoms with van der Waals surface area (Å²) in [5.74, 6) is 0.464. The number of sulfonamides is 1. The Kier molecular flexibility index (Phi) is 7.34. The summed E-state index contributed by atoms with van der Waals surface area (Å²) in [6.07, 6.45) is 5.77. The van der Waals surface area contributed by atoms with Crippen LogP contribution in [0.5, 0.6) is 5.75 Å². The maximum Gasteiger partial charge on any atom is 0.240 e. The molecule has 0 aromatic heterocycles. The molecule has 0 unspecified atom stereocenters. The number of hydrogen-bond acceptors (Lipinski definition) is 4. The highest BCUT2D eigenvalue weighted by atomic mass is 35.5. The quantitative estimate of drug-likeness (QED) is 0.709. The number of nitrogens with zero attached hydrogens (tertiary/aromatic N) is 1. The minimum absolute atomic E-state index is 0.165. The van der Waals surface area contributed by atoms with Gasteiger partial charge in [0.15, 0.2) is 0 Å². The van der Waals surface area contributed by atoms with Gasteiger partial charge < -0.3 is 9.64 Å². The van der Waals surface area contributed by atoms with Gasteiger partial charge in [-0.1, -0.05) is 24.9 Å². The topological polar surface area (TPSA) is 58.6 Å². The standard InChI is InChI=1S/C17H27ClN2O3S/c1-3-14-7-4-5-11-20(14)12-6-10-19-24(21,22)15-8-9-17(23-2)16(18)13-15/h8-9,13-14,19H,3-7,10-12H2,1-2H3/t14-/m1/s1. The van der Waals surface area contributed by atoms with Crippen molar-refractivity contribution in [3.63, 3.8) is 0 Å². The van der Waals surface area contributed by atoms with Crippen LogP contribution in [-0.2, 0) is 10.0 Å². The van der Waals surface area contributed by atoms with Crippen LogP contribution in [0.25, 0.3) is 0 Å². The van der Waals surface area contributed by atoms with Crippen LogP contribution in [0, 0.1) is 0 Å². The highest BCUT2D eigenvalue weighted by Crippen LogP contribution is 2.26. The Morgan fingerprint density at radius 3 is 2.83 bits per heavy atom. The van der Waals surface area contributed by atoms with E-state index in [4.69, 9.17) is 16.3 Å². The molecule has 1 fully saturated rings. The first-order valence-corrected chi connectivity index (χ1v) is 10.4. The van der Waals surface area contributed by atoms with Gasteiger partial charge in [0.1, 0.15) is 5.75 Å². The average molecular weight is 375 g/mol. The lowest BCUT2D eigenvalue weighted by atomic mass is 10.00. The average Bonchev–Trinajstić information content (AvgIpc) is 2.59. The number of likely N-dealkylation sites (tertiary alicyclic amines) is 1. The van der Waals surface area contributed by atoms with E-state index >= 15 is 0 Å². The molecule has 1 aromatic rings. The second-order valence-electron chi connectivity index (χ2n) is 6.14. The molecule has 0 spiro atoms. The van der Waals surface area contributed by atoms with E-state index in [-0.39, 0.29) is 4.90 Å². The minimum Gasteiger partial charge on any atom is -0.495 e. The molecule has 2 rings (SSSR count). The van der Waals surface area contributed by atoms with E-state index in [2.05, 4.69) is 16.5 Å². The molecule has 1 aliphatic heterocycles. The van der Waals surface area contributed by atoms with Gasteiger partial charge in [-0.2, -0.15) is 0 Å². The predicted octanol–water partition coefficient (Wildman–Crippen LogP) is 3.28. The monoisotopic (exact) mass is 374 g/mol. The third-order valence-electron chi connectivity index (χ3n) is 4.57. The van der Waals surface area contributed by atoms with Crippen molar-refractivity contribution < 1.29 is 13.2 Å². The molecule has 0 aliphatic carbocycles. The molecule has 0 bridgehead atoms. The van der Waals surface area contributed by atoms with Gasteiger partial charge in [-0.05, 0) is 57.0 Å². The summed E-state index contributed by atoms with van der Waals surface area (Å²) in [6.45, 7) is 4.71. The van der Waals surface area contributed by atoms with E-state index < -0.39 is 10.0 Å². The number of nitrogens with one attached hydrogen (secondary N) is 1. The normalized spacial score (nSPS) is 19.4. The zero-order valence-electron chi connectivity index (χ0n) is 14.4. The van der Waals surface area contributed by atoms with Gasteiger partial charge in [0, 0.05) is 12.6 Å². The van der Waals surface area contributed by atoms with Crippen LogP contribution in [0.3, 0.4) is 0 Å². The highest BCUT2D eigenvalue weighted by Gasteiger charge is 2.20. The molecule has 7 heteroatoms. The van der Waals surface area contributed by atoms with Crippen LogP contribution in [0.2, 0.25) is 5.02 Å². The Bertz CT molecular complexity index is 637. The van der Waals surface area contributed by atoms with E-state index in [0.29, 0.717) is 23.4 Å². The van der Waals surface area contributed by atoms with Crippen molar-refractivity contribution in [1.29, 1.82) is 0 Å². The van der Waals surface area contributed by atoms with E-state index in [1.807, 2.05) is 0 Å². The number of hydrogen-bond donors (Lipinski definition) is 1. The largest absolute Gasteiger partial charge is 0.495 e. The van der Waals surface area contributed by atoms with Crippen LogP contribution < -0.4 is 9.46 Å². The minimum atomic E-state index is -3.54. The fourth-order valence-corrected chi connectivity index (χ4v) is 4.63. The van der Waals surface area contributed by atoms with Crippen molar-refractivity contribution in [3.05, 3.63) is 23.2 Å². The molecular formula is C17H27ClN2O3S. The molecule has 0 radical (unpaired) electrons. The second-order valence-corrected chi connectivity index (χ2v) is 8.32. The molecule has 1 aromatic carbocycles. The van der Waals surface area contributed by atoms with Crippen LogP contribution in [-0.4, -0.2) is 46.1 Å². The Morgan fingerprint density at radius 1 is 1.38 bits per heavy atom. The first-order chi connectivity index (χ1) is 11.5. The van der Waals surface area contributed by atoms with Gasteiger partial charge in [-0.15, -0.1) is 0 Å². The van der Waals surface area contributed by atoms with Gasteiger partial charge in [-0.3, -0.25) is 0 Å². The summed E-state index contributed by atoms with van der Waals surface area (Å²) < 4.78 is 32.4. The SMILES string of the molecule is CC[C@@H]1CCCCN1CCCNS(=O)(=O)c1ccc(OC)c(Cl)c1. The fourth-order valence-electron chi connectivity index (χ4n) is 3.20. The number of halogens is 1. The summed E-state index contributed by atoms with van der Waals surface area (Å²) in [4.78, 5) is 2.65. The van der Waals surface area contributed by atoms with E-state index in [1.165, 1.54) is 38.5 Å². The maximum absolute atomic E-state index is 12.3. The Hall–Kier alpha value is -0.820. The third-order valence-corrected chi connectivity index (χ3v) is 6.32. The van der Waals surface area contributed by atoms with Crippen molar-refractivity contribution in [2.75, 3.05) is 26.7 Å². The lowest BCUT2D eigenvalue weighted by Gasteiger charge is -2.35. The van der Waals surface area contributed by atoms with Crippen LogP contribution >= 0.6 is 11.6 Å². The van der Waals surface area contributed by atoms with Crippen LogP contribution in [0.15, 0.2) is 23.1 Å². The van der Waals surface area contributed by atoms with Crippen molar-refractivity contribution >= 4 is 21.6 Å². The first kappa shape index (κ1) is 19.5. The third kappa shape index (κ3) is 5.09. The molecular weight excluding hydrogens is 348 g/mol. The van der Waals surface area contributed by atoms with Gasteiger partial charge in [0.25, 0.3) is 0 Å². The molecule has 5 nitrogen and oxygen atoms in total. The summed E-state index contributed by atoms with van der Waals surface area (Å²) in [5.41, 5.74) is 0. The molecule has 1 atom stereocenters. The van der Waals surface area contributed by atoms with Crippen LogP contribution in [0.1, 0.15) is 39.0 Å². The van der Waals surface area contributed by atoms with Gasteiger partial charge in [0.05, 0.1) is 17.0 Å². The number of methoxy groups -OCH3 is 1. The summed E-state index contributed by atoms with van der Waals surface area (Å²) >= 11 is 6.01. The zero-order valence-corrected chi connectivity index (χ0v) is 16.0. The van der Waals surface area contributed by atoms with Gasteiger partial charge in [0.2, 0.25) is 10.0 Å². The summed E-state index contributed by atoms with van der Waals surface area (Å²) in [5, 5.41) is 0.291. The molecule has 136 valence electrons. The predicted molar refractivity (Wildman–Crippen MR) is 97.3 cm³/mol. The van der Waals surface area contributed by atoms with E-state index in [1.54, 1.807) is 6.07 Å². The van der Waals surface area contributed by atoms with Gasteiger partial charge >= 0.3 is 0 Å². The summed E-state index contributed by atoms with van der Waals surface area (Å²) in [7, 11) is -2.04. The summed E-state index contributed by atoms with van der Waals surface area (Å²) in [6, 6.07) is 5.14. The van der Waals surface area contributed by atoms with Gasteiger partial charge in [-0.25, -0.2) is 13.1 Å². The zero-order chi connectivity index (χ0) is 17.6. The molecule has 1 saturated heterocycles. The lowest BCUT2D eigenvalue weighted by molar-refractivity contribution is 0.143. The Labute approximate surface area is 150 Å². The van der Waals surface area contributed by atoms with E-state index in [0.717, 1.165) is 25.9 Å². The number of piperidine rings is 1. The number of ether oxygens (including phenoxy) is 1. The van der Waals surface area contributed by atoms with Crippen molar-refractivity contribution in [1.82, 2.24) is 9.62 Å². The molecule has 24 heavy (non-hydrogen) atoms. The maximum atomic E-state index is 12.3. The molecule has 0 saturated carbocycles. The van der Waals surface area contributed by atoms with E-state index in [9.17, 15) is 8.42 Å². The van der Waals surface area contributed by atoms with Crippen molar-refractivity contribution in [2.45, 2.75) is 50.0 Å². The second kappa shape index (κ2) is 9.04. The highest BCUT2D eigenvalue weighted by molar-refractivity contribution is 7.89. The molecule has 1 aliphatic rings. The Balaban J connectivity index is 1.85. The number of benzene rings is 1. The Morgan fingerprint density at radius 2 is 2.17 bits per heavy atom. The number of rotatable bonds is 8. The molecule has 1 N–H and O–H groups in total. The van der Waals surface area contributed by atoms with Crippen LogP contribution in [0.4, 0.5) is 0 Å². The smallest absolute Gasteiger partial charge is 0.240 e. The fraction of sp³-hybridized carbons (Fsp3) is 0.647. The first-order valence-electron chi connectivity index (χ1n) is 8.55. The molecule has 1 heterocycles. The lowest BCUT2D eigenvalue weighted by Crippen LogP contribution is -2.40. The molecule has 0 amide bonds. The van der Waals surface area contributed by atoms with Crippen molar-refractivity contribution in [2.24, 2.45) is 0 Å².